The molecular formula is C31H30F3N3O3. The number of aryl methyl sites for hydroxylation is 2. The summed E-state index contributed by atoms with van der Waals surface area (Å²) in [5.41, 5.74) is 2.59. The van der Waals surface area contributed by atoms with Crippen LogP contribution in [-0.2, 0) is 24.5 Å². The quantitative estimate of drug-likeness (QED) is 0.237. The molecule has 1 saturated heterocycles. The Bertz CT molecular complexity index is 1460. The molecule has 3 aromatic carbocycles. The van der Waals surface area contributed by atoms with Crippen LogP contribution in [0.25, 0.3) is 11.3 Å². The molecule has 1 fully saturated rings. The lowest BCUT2D eigenvalue weighted by molar-refractivity contribution is -0.137. The second kappa shape index (κ2) is 11.6. The van der Waals surface area contributed by atoms with Gasteiger partial charge in [-0.15, -0.1) is 0 Å². The Morgan fingerprint density at radius 3 is 2.48 bits per heavy atom. The molecule has 0 spiro atoms. The Labute approximate surface area is 230 Å². The van der Waals surface area contributed by atoms with Gasteiger partial charge in [0.25, 0.3) is 5.91 Å². The number of hydrogen-bond donors (Lipinski definition) is 0. The van der Waals surface area contributed by atoms with Crippen molar-refractivity contribution in [1.29, 1.82) is 0 Å². The molecule has 0 N–H and O–H groups in total. The minimum atomic E-state index is -4.48. The molecule has 1 amide bonds. The lowest BCUT2D eigenvalue weighted by Crippen LogP contribution is -2.37. The smallest absolute Gasteiger partial charge is 0.416 e. The number of amides is 1. The zero-order valence-electron chi connectivity index (χ0n) is 22.3. The van der Waals surface area contributed by atoms with E-state index < -0.39 is 17.6 Å². The second-order valence-corrected chi connectivity index (χ2v) is 9.94. The van der Waals surface area contributed by atoms with Gasteiger partial charge in [0.15, 0.2) is 0 Å². The standard InChI is InChI=1S/C31H30F3N3O3/c1-21-8-6-11-25(18-21)40-30-27(28(35-36(30)2)22-9-4-3-5-10-22)20-37(19-26-12-7-17-39-26)29(38)23-13-15-24(16-14-23)31(32,33)34/h3-6,8-11,13-16,18,26H,7,12,17,19-20H2,1-2H3. The first-order valence-corrected chi connectivity index (χ1v) is 13.1. The lowest BCUT2D eigenvalue weighted by Gasteiger charge is -2.26. The number of hydrogen-bond acceptors (Lipinski definition) is 4. The van der Waals surface area contributed by atoms with E-state index in [4.69, 9.17) is 14.6 Å². The topological polar surface area (TPSA) is 56.6 Å². The number of nitrogens with zero attached hydrogens (tertiary/aromatic N) is 3. The Kier molecular flexibility index (Phi) is 7.93. The number of carbonyl (C=O) groups is 1. The number of halogens is 3. The summed E-state index contributed by atoms with van der Waals surface area (Å²) in [5, 5.41) is 4.75. The minimum absolute atomic E-state index is 0.124. The number of aromatic nitrogens is 2. The first-order valence-electron chi connectivity index (χ1n) is 13.1. The van der Waals surface area contributed by atoms with Crippen LogP contribution in [0.5, 0.6) is 11.6 Å². The van der Waals surface area contributed by atoms with E-state index in [0.717, 1.165) is 36.1 Å². The van der Waals surface area contributed by atoms with Crippen LogP contribution < -0.4 is 4.74 Å². The highest BCUT2D eigenvalue weighted by Crippen LogP contribution is 2.35. The van der Waals surface area contributed by atoms with Gasteiger partial charge in [-0.05, 0) is 61.7 Å². The van der Waals surface area contributed by atoms with Crippen molar-refractivity contribution in [2.45, 2.75) is 38.6 Å². The van der Waals surface area contributed by atoms with Crippen LogP contribution in [0, 0.1) is 6.92 Å². The van der Waals surface area contributed by atoms with E-state index in [1.807, 2.05) is 61.5 Å². The van der Waals surface area contributed by atoms with Crippen LogP contribution in [0.1, 0.15) is 39.9 Å². The van der Waals surface area contributed by atoms with Crippen molar-refractivity contribution in [3.8, 4) is 22.9 Å². The highest BCUT2D eigenvalue weighted by Gasteiger charge is 2.32. The molecule has 0 radical (unpaired) electrons. The summed E-state index contributed by atoms with van der Waals surface area (Å²) >= 11 is 0. The highest BCUT2D eigenvalue weighted by atomic mass is 19.4. The number of benzene rings is 3. The number of alkyl halides is 3. The summed E-state index contributed by atoms with van der Waals surface area (Å²) in [6.07, 6.45) is -2.98. The van der Waals surface area contributed by atoms with Crippen molar-refractivity contribution >= 4 is 5.91 Å². The number of rotatable bonds is 8. The molecule has 6 nitrogen and oxygen atoms in total. The Morgan fingerprint density at radius 2 is 1.82 bits per heavy atom. The number of carbonyl (C=O) groups excluding carboxylic acids is 1. The van der Waals surface area contributed by atoms with E-state index in [2.05, 4.69) is 0 Å². The molecule has 1 atom stereocenters. The van der Waals surface area contributed by atoms with Crippen molar-refractivity contribution in [2.24, 2.45) is 7.05 Å². The summed E-state index contributed by atoms with van der Waals surface area (Å²) in [6, 6.07) is 21.5. The third kappa shape index (κ3) is 6.20. The Morgan fingerprint density at radius 1 is 1.07 bits per heavy atom. The van der Waals surface area contributed by atoms with Crippen LogP contribution in [-0.4, -0.2) is 39.8 Å². The van der Waals surface area contributed by atoms with E-state index in [0.29, 0.717) is 29.5 Å². The summed E-state index contributed by atoms with van der Waals surface area (Å²) in [7, 11) is 1.78. The molecule has 208 valence electrons. The van der Waals surface area contributed by atoms with Gasteiger partial charge in [0.05, 0.1) is 23.8 Å². The van der Waals surface area contributed by atoms with Crippen molar-refractivity contribution in [3.63, 3.8) is 0 Å². The highest BCUT2D eigenvalue weighted by molar-refractivity contribution is 5.94. The van der Waals surface area contributed by atoms with Crippen molar-refractivity contribution in [1.82, 2.24) is 14.7 Å². The fourth-order valence-electron chi connectivity index (χ4n) is 4.87. The second-order valence-electron chi connectivity index (χ2n) is 9.94. The first-order chi connectivity index (χ1) is 19.2. The normalized spacial score (nSPS) is 15.3. The summed E-state index contributed by atoms with van der Waals surface area (Å²) < 4.78 is 53.3. The molecule has 1 unspecified atom stereocenters. The van der Waals surface area contributed by atoms with Gasteiger partial charge < -0.3 is 14.4 Å². The van der Waals surface area contributed by atoms with E-state index in [1.54, 1.807) is 16.6 Å². The number of ether oxygens (including phenoxy) is 2. The lowest BCUT2D eigenvalue weighted by atomic mass is 10.1. The maximum Gasteiger partial charge on any atom is 0.416 e. The van der Waals surface area contributed by atoms with Crippen molar-refractivity contribution < 1.29 is 27.4 Å². The third-order valence-corrected chi connectivity index (χ3v) is 6.88. The molecule has 0 saturated carbocycles. The van der Waals surface area contributed by atoms with Gasteiger partial charge in [0.2, 0.25) is 5.88 Å². The molecule has 1 aliphatic heterocycles. The average molecular weight is 550 g/mol. The molecular weight excluding hydrogens is 519 g/mol. The van der Waals surface area contributed by atoms with Crippen LogP contribution in [0.2, 0.25) is 0 Å². The van der Waals surface area contributed by atoms with E-state index in [-0.39, 0.29) is 24.8 Å². The molecule has 5 rings (SSSR count). The van der Waals surface area contributed by atoms with Gasteiger partial charge in [0, 0.05) is 31.3 Å². The molecule has 0 aliphatic carbocycles. The first kappa shape index (κ1) is 27.5. The Balaban J connectivity index is 1.54. The molecule has 9 heteroatoms. The van der Waals surface area contributed by atoms with Gasteiger partial charge in [-0.3, -0.25) is 4.79 Å². The van der Waals surface area contributed by atoms with Gasteiger partial charge in [0.1, 0.15) is 11.4 Å². The fraction of sp³-hybridized carbons (Fsp3) is 0.290. The maximum absolute atomic E-state index is 13.8. The van der Waals surface area contributed by atoms with Gasteiger partial charge in [-0.1, -0.05) is 42.5 Å². The van der Waals surface area contributed by atoms with Gasteiger partial charge in [-0.25, -0.2) is 4.68 Å². The third-order valence-electron chi connectivity index (χ3n) is 6.88. The molecule has 40 heavy (non-hydrogen) atoms. The van der Waals surface area contributed by atoms with Gasteiger partial charge >= 0.3 is 6.18 Å². The van der Waals surface area contributed by atoms with Crippen molar-refractivity contribution in [3.05, 3.63) is 101 Å². The fourth-order valence-corrected chi connectivity index (χ4v) is 4.87. The summed E-state index contributed by atoms with van der Waals surface area (Å²) in [4.78, 5) is 15.4. The SMILES string of the molecule is Cc1cccc(Oc2c(CN(CC3CCCO3)C(=O)c3ccc(C(F)(F)F)cc3)c(-c3ccccc3)nn2C)c1. The van der Waals surface area contributed by atoms with E-state index >= 15 is 0 Å². The zero-order valence-corrected chi connectivity index (χ0v) is 22.3. The largest absolute Gasteiger partial charge is 0.439 e. The minimum Gasteiger partial charge on any atom is -0.439 e. The van der Waals surface area contributed by atoms with Crippen LogP contribution >= 0.6 is 0 Å². The van der Waals surface area contributed by atoms with E-state index in [1.165, 1.54) is 12.1 Å². The van der Waals surface area contributed by atoms with Crippen LogP contribution in [0.15, 0.2) is 78.9 Å². The predicted octanol–water partition coefficient (Wildman–Crippen LogP) is 7.03. The molecule has 2 heterocycles. The molecule has 4 aromatic rings. The molecule has 0 bridgehead atoms. The summed E-state index contributed by atoms with van der Waals surface area (Å²) in [6.45, 7) is 2.99. The monoisotopic (exact) mass is 549 g/mol. The summed E-state index contributed by atoms with van der Waals surface area (Å²) in [5.74, 6) is 0.708. The van der Waals surface area contributed by atoms with Crippen LogP contribution in [0.4, 0.5) is 13.2 Å². The Hall–Kier alpha value is -4.11. The molecule has 1 aromatic heterocycles. The van der Waals surface area contributed by atoms with Crippen molar-refractivity contribution in [2.75, 3.05) is 13.2 Å². The average Bonchev–Trinajstić information content (AvgIpc) is 3.56. The molecule has 1 aliphatic rings. The van der Waals surface area contributed by atoms with E-state index in [9.17, 15) is 18.0 Å². The maximum atomic E-state index is 13.8. The van der Waals surface area contributed by atoms with Gasteiger partial charge in [-0.2, -0.15) is 18.3 Å². The van der Waals surface area contributed by atoms with Crippen LogP contribution in [0.3, 0.4) is 0 Å². The zero-order chi connectivity index (χ0) is 28.3. The predicted molar refractivity (Wildman–Crippen MR) is 145 cm³/mol.